The minimum atomic E-state index is 0.180. The Labute approximate surface area is 147 Å². The van der Waals surface area contributed by atoms with Gasteiger partial charge in [0.1, 0.15) is 5.82 Å². The van der Waals surface area contributed by atoms with Crippen LogP contribution in [0.2, 0.25) is 0 Å². The van der Waals surface area contributed by atoms with Crippen molar-refractivity contribution in [1.82, 2.24) is 19.8 Å². The van der Waals surface area contributed by atoms with Crippen LogP contribution < -0.4 is 5.32 Å². The smallest absolute Gasteiger partial charge is 0.224 e. The number of amides is 1. The van der Waals surface area contributed by atoms with Gasteiger partial charge in [0.25, 0.3) is 0 Å². The van der Waals surface area contributed by atoms with E-state index in [-0.39, 0.29) is 11.9 Å². The van der Waals surface area contributed by atoms with E-state index in [2.05, 4.69) is 46.7 Å². The predicted molar refractivity (Wildman–Crippen MR) is 97.8 cm³/mol. The molecule has 0 spiro atoms. The van der Waals surface area contributed by atoms with E-state index in [4.69, 9.17) is 0 Å². The summed E-state index contributed by atoms with van der Waals surface area (Å²) in [6, 6.07) is 14.8. The van der Waals surface area contributed by atoms with Crippen LogP contribution in [0.15, 0.2) is 54.9 Å². The Balaban J connectivity index is 1.43. The second-order valence-corrected chi connectivity index (χ2v) is 6.65. The Morgan fingerprint density at radius 2 is 2.04 bits per heavy atom. The Hall–Kier alpha value is -2.66. The van der Waals surface area contributed by atoms with Crippen LogP contribution in [-0.2, 0) is 24.9 Å². The van der Waals surface area contributed by atoms with Crippen LogP contribution in [0, 0.1) is 0 Å². The number of nitrogens with zero attached hydrogens (tertiary/aromatic N) is 3. The molecule has 1 aromatic heterocycles. The number of aryl methyl sites for hydroxylation is 1. The number of hydrogen-bond acceptors (Lipinski definition) is 3. The van der Waals surface area contributed by atoms with Gasteiger partial charge in [-0.3, -0.25) is 4.79 Å². The Morgan fingerprint density at radius 1 is 1.20 bits per heavy atom. The summed E-state index contributed by atoms with van der Waals surface area (Å²) in [4.78, 5) is 18.7. The molecule has 0 aliphatic carbocycles. The predicted octanol–water partition coefficient (Wildman–Crippen LogP) is 2.46. The highest BCUT2D eigenvalue weighted by Gasteiger charge is 2.29. The minimum Gasteiger partial charge on any atom is -0.337 e. The molecule has 1 aliphatic heterocycles. The van der Waals surface area contributed by atoms with Gasteiger partial charge in [0.2, 0.25) is 5.91 Å². The molecule has 1 aliphatic rings. The number of benzene rings is 2. The van der Waals surface area contributed by atoms with Crippen LogP contribution in [-0.4, -0.2) is 32.9 Å². The summed E-state index contributed by atoms with van der Waals surface area (Å²) >= 11 is 0. The average Bonchev–Trinajstić information content (AvgIpc) is 3.19. The number of fused-ring (bicyclic) bond motifs is 1. The fourth-order valence-corrected chi connectivity index (χ4v) is 3.50. The second-order valence-electron chi connectivity index (χ2n) is 6.65. The van der Waals surface area contributed by atoms with Gasteiger partial charge in [-0.05, 0) is 16.3 Å². The molecule has 2 aromatic carbocycles. The number of carbonyl (C=O) groups is 1. The molecular weight excluding hydrogens is 312 g/mol. The third kappa shape index (κ3) is 3.28. The van der Waals surface area contributed by atoms with Crippen molar-refractivity contribution in [3.05, 3.63) is 66.2 Å². The SMILES string of the molecule is Cn1ccnc1CN[C@H]1CC(=O)N(Cc2cccc3ccccc23)C1. The topological polar surface area (TPSA) is 50.2 Å². The highest BCUT2D eigenvalue weighted by atomic mass is 16.2. The fraction of sp³-hybridized carbons (Fsp3) is 0.300. The van der Waals surface area contributed by atoms with Gasteiger partial charge in [0.15, 0.2) is 0 Å². The summed E-state index contributed by atoms with van der Waals surface area (Å²) in [7, 11) is 1.98. The van der Waals surface area contributed by atoms with Crippen LogP contribution in [0.25, 0.3) is 10.8 Å². The molecule has 1 N–H and O–H groups in total. The number of rotatable bonds is 5. The lowest BCUT2D eigenvalue weighted by molar-refractivity contribution is -0.128. The van der Waals surface area contributed by atoms with Crippen molar-refractivity contribution in [3.8, 4) is 0 Å². The number of hydrogen-bond donors (Lipinski definition) is 1. The maximum atomic E-state index is 12.4. The number of likely N-dealkylation sites (tertiary alicyclic amines) is 1. The van der Waals surface area contributed by atoms with Gasteiger partial charge in [0, 0.05) is 45.0 Å². The van der Waals surface area contributed by atoms with Crippen LogP contribution in [0.4, 0.5) is 0 Å². The zero-order valence-corrected chi connectivity index (χ0v) is 14.4. The molecule has 5 nitrogen and oxygen atoms in total. The molecule has 4 rings (SSSR count). The maximum absolute atomic E-state index is 12.4. The van der Waals surface area contributed by atoms with E-state index < -0.39 is 0 Å². The molecule has 0 saturated carbocycles. The van der Waals surface area contributed by atoms with Gasteiger partial charge < -0.3 is 14.8 Å². The summed E-state index contributed by atoms with van der Waals surface area (Å²) in [6.45, 7) is 2.09. The molecule has 0 bridgehead atoms. The van der Waals surface area contributed by atoms with E-state index in [1.54, 1.807) is 6.20 Å². The van der Waals surface area contributed by atoms with Crippen LogP contribution in [0.3, 0.4) is 0 Å². The molecule has 1 saturated heterocycles. The van der Waals surface area contributed by atoms with Crippen molar-refractivity contribution >= 4 is 16.7 Å². The first kappa shape index (κ1) is 15.8. The maximum Gasteiger partial charge on any atom is 0.224 e. The standard InChI is InChI=1S/C20H22N4O/c1-23-10-9-21-19(23)12-22-17-11-20(25)24(14-17)13-16-7-4-6-15-5-2-3-8-18(15)16/h2-10,17,22H,11-14H2,1H3/t17-/m0/s1. The van der Waals surface area contributed by atoms with Crippen LogP contribution in [0.5, 0.6) is 0 Å². The first-order valence-corrected chi connectivity index (χ1v) is 8.65. The third-order valence-corrected chi connectivity index (χ3v) is 4.93. The van der Waals surface area contributed by atoms with Crippen molar-refractivity contribution < 1.29 is 4.79 Å². The van der Waals surface area contributed by atoms with E-state index in [1.165, 1.54) is 16.3 Å². The van der Waals surface area contributed by atoms with Crippen molar-refractivity contribution in [2.75, 3.05) is 6.54 Å². The highest BCUT2D eigenvalue weighted by molar-refractivity contribution is 5.86. The minimum absolute atomic E-state index is 0.180. The molecule has 3 aromatic rings. The molecule has 1 amide bonds. The lowest BCUT2D eigenvalue weighted by atomic mass is 10.0. The van der Waals surface area contributed by atoms with Gasteiger partial charge in [-0.1, -0.05) is 42.5 Å². The van der Waals surface area contributed by atoms with Gasteiger partial charge >= 0.3 is 0 Å². The number of aromatic nitrogens is 2. The number of carbonyl (C=O) groups excluding carboxylic acids is 1. The Kier molecular flexibility index (Phi) is 4.24. The van der Waals surface area contributed by atoms with Gasteiger partial charge in [-0.2, -0.15) is 0 Å². The summed E-state index contributed by atoms with van der Waals surface area (Å²) in [5, 5.41) is 5.91. The molecule has 1 fully saturated rings. The summed E-state index contributed by atoms with van der Waals surface area (Å²) < 4.78 is 2.00. The van der Waals surface area contributed by atoms with Crippen molar-refractivity contribution in [3.63, 3.8) is 0 Å². The van der Waals surface area contributed by atoms with Crippen molar-refractivity contribution in [1.29, 1.82) is 0 Å². The van der Waals surface area contributed by atoms with Crippen molar-refractivity contribution in [2.45, 2.75) is 25.6 Å². The van der Waals surface area contributed by atoms with E-state index in [0.29, 0.717) is 19.5 Å². The van der Waals surface area contributed by atoms with Crippen LogP contribution >= 0.6 is 0 Å². The second kappa shape index (κ2) is 6.69. The number of imidazole rings is 1. The average molecular weight is 334 g/mol. The normalized spacial score (nSPS) is 17.6. The molecule has 1 atom stereocenters. The zero-order chi connectivity index (χ0) is 17.2. The lowest BCUT2D eigenvalue weighted by Crippen LogP contribution is -2.32. The van der Waals surface area contributed by atoms with E-state index in [0.717, 1.165) is 12.4 Å². The Bertz CT molecular complexity index is 896. The van der Waals surface area contributed by atoms with Crippen molar-refractivity contribution in [2.24, 2.45) is 7.05 Å². The molecule has 2 heterocycles. The lowest BCUT2D eigenvalue weighted by Gasteiger charge is -2.18. The Morgan fingerprint density at radius 3 is 2.88 bits per heavy atom. The molecular formula is C20H22N4O. The van der Waals surface area contributed by atoms with E-state index in [9.17, 15) is 4.79 Å². The summed E-state index contributed by atoms with van der Waals surface area (Å²) in [6.07, 6.45) is 4.28. The van der Waals surface area contributed by atoms with Gasteiger partial charge in [-0.25, -0.2) is 4.98 Å². The molecule has 128 valence electrons. The quantitative estimate of drug-likeness (QED) is 0.780. The monoisotopic (exact) mass is 334 g/mol. The fourth-order valence-electron chi connectivity index (χ4n) is 3.50. The first-order valence-electron chi connectivity index (χ1n) is 8.65. The molecule has 0 radical (unpaired) electrons. The summed E-state index contributed by atoms with van der Waals surface area (Å²) in [5.41, 5.74) is 1.20. The number of nitrogens with one attached hydrogen (secondary N) is 1. The van der Waals surface area contributed by atoms with E-state index >= 15 is 0 Å². The molecule has 25 heavy (non-hydrogen) atoms. The van der Waals surface area contributed by atoms with Crippen LogP contribution in [0.1, 0.15) is 17.8 Å². The van der Waals surface area contributed by atoms with E-state index in [1.807, 2.05) is 28.8 Å². The zero-order valence-electron chi connectivity index (χ0n) is 14.4. The molecule has 0 unspecified atom stereocenters. The first-order chi connectivity index (χ1) is 12.2. The summed E-state index contributed by atoms with van der Waals surface area (Å²) in [5.74, 6) is 1.20. The van der Waals surface area contributed by atoms with Gasteiger partial charge in [0.05, 0.1) is 6.54 Å². The molecule has 5 heteroatoms. The largest absolute Gasteiger partial charge is 0.337 e. The third-order valence-electron chi connectivity index (χ3n) is 4.93. The highest BCUT2D eigenvalue weighted by Crippen LogP contribution is 2.22. The van der Waals surface area contributed by atoms with Gasteiger partial charge in [-0.15, -0.1) is 0 Å².